The highest BCUT2D eigenvalue weighted by atomic mass is 35.5. The lowest BCUT2D eigenvalue weighted by molar-refractivity contribution is -0.140. The summed E-state index contributed by atoms with van der Waals surface area (Å²) in [4.78, 5) is 6.32. The van der Waals surface area contributed by atoms with Crippen LogP contribution in [0.2, 0.25) is 5.28 Å². The molecule has 78 valence electrons. The zero-order chi connectivity index (χ0) is 10.9. The molecule has 5 N–H and O–H groups in total. The third-order valence-electron chi connectivity index (χ3n) is 1.32. The lowest BCUT2D eigenvalue weighted by atomic mass is 10.3. The van der Waals surface area contributed by atoms with E-state index in [1.807, 2.05) is 5.43 Å². The molecular formula is C5H5ClF3N5. The van der Waals surface area contributed by atoms with E-state index in [0.717, 1.165) is 0 Å². The van der Waals surface area contributed by atoms with Gasteiger partial charge in [0.1, 0.15) is 5.69 Å². The number of nitrogen functional groups attached to an aromatic ring is 2. The van der Waals surface area contributed by atoms with Crippen LogP contribution >= 0.6 is 11.6 Å². The number of alkyl halides is 3. The molecule has 0 aromatic carbocycles. The molecule has 0 unspecified atom stereocenters. The number of nitrogens with zero attached hydrogens (tertiary/aromatic N) is 2. The topological polar surface area (TPSA) is 89.8 Å². The van der Waals surface area contributed by atoms with Crippen LogP contribution in [0.1, 0.15) is 5.69 Å². The van der Waals surface area contributed by atoms with Crippen molar-refractivity contribution in [1.82, 2.24) is 9.97 Å². The van der Waals surface area contributed by atoms with Gasteiger partial charge in [0, 0.05) is 0 Å². The molecule has 0 saturated carbocycles. The van der Waals surface area contributed by atoms with Crippen LogP contribution in [0.4, 0.5) is 24.7 Å². The Kier molecular flexibility index (Phi) is 2.67. The summed E-state index contributed by atoms with van der Waals surface area (Å²) in [5.74, 6) is 4.52. The van der Waals surface area contributed by atoms with Crippen LogP contribution in [0.3, 0.4) is 0 Å². The summed E-state index contributed by atoms with van der Waals surface area (Å²) < 4.78 is 36.7. The minimum absolute atomic E-state index is 0.364. The van der Waals surface area contributed by atoms with E-state index in [-0.39, 0.29) is 5.82 Å². The number of aromatic nitrogens is 2. The molecule has 0 aliphatic carbocycles. The van der Waals surface area contributed by atoms with Crippen LogP contribution in [0.5, 0.6) is 0 Å². The Hall–Kier alpha value is -1.28. The van der Waals surface area contributed by atoms with Gasteiger partial charge in [0.05, 0.1) is 0 Å². The molecule has 0 aliphatic heterocycles. The van der Waals surface area contributed by atoms with Gasteiger partial charge in [0.2, 0.25) is 5.28 Å². The van der Waals surface area contributed by atoms with Crippen molar-refractivity contribution in [1.29, 1.82) is 0 Å². The van der Waals surface area contributed by atoms with Crippen molar-refractivity contribution < 1.29 is 13.2 Å². The van der Waals surface area contributed by atoms with E-state index < -0.39 is 22.8 Å². The van der Waals surface area contributed by atoms with Gasteiger partial charge in [0.25, 0.3) is 0 Å². The lowest BCUT2D eigenvalue weighted by Crippen LogP contribution is -2.18. The van der Waals surface area contributed by atoms with Crippen molar-refractivity contribution in [3.63, 3.8) is 0 Å². The zero-order valence-corrected chi connectivity index (χ0v) is 7.32. The predicted molar refractivity (Wildman–Crippen MR) is 44.3 cm³/mol. The third-order valence-corrected chi connectivity index (χ3v) is 1.49. The molecule has 1 heterocycles. The Morgan fingerprint density at radius 1 is 1.29 bits per heavy atom. The summed E-state index contributed by atoms with van der Waals surface area (Å²) in [5, 5.41) is -0.584. The maximum atomic E-state index is 12.2. The Balaban J connectivity index is 3.37. The first-order valence-corrected chi connectivity index (χ1v) is 3.61. The average molecular weight is 228 g/mol. The molecule has 9 heteroatoms. The van der Waals surface area contributed by atoms with Crippen LogP contribution in [-0.4, -0.2) is 9.97 Å². The lowest BCUT2D eigenvalue weighted by Gasteiger charge is -2.11. The molecule has 0 atom stereocenters. The Morgan fingerprint density at radius 3 is 2.29 bits per heavy atom. The second-order valence-corrected chi connectivity index (χ2v) is 2.58. The van der Waals surface area contributed by atoms with Gasteiger partial charge in [-0.1, -0.05) is 0 Å². The second kappa shape index (κ2) is 3.46. The van der Waals surface area contributed by atoms with Gasteiger partial charge >= 0.3 is 6.18 Å². The molecule has 0 amide bonds. The van der Waals surface area contributed by atoms with Crippen molar-refractivity contribution in [2.24, 2.45) is 5.84 Å². The fourth-order valence-electron chi connectivity index (χ4n) is 0.768. The molecule has 1 aromatic heterocycles. The minimum atomic E-state index is -4.69. The van der Waals surface area contributed by atoms with E-state index in [9.17, 15) is 13.2 Å². The SMILES string of the molecule is NNc1nc(Cl)nc(C(F)(F)F)c1N. The molecule has 0 fully saturated rings. The first kappa shape index (κ1) is 10.8. The highest BCUT2D eigenvalue weighted by Crippen LogP contribution is 2.35. The third kappa shape index (κ3) is 1.96. The van der Waals surface area contributed by atoms with Crippen molar-refractivity contribution in [2.75, 3.05) is 11.2 Å². The molecule has 0 spiro atoms. The number of hydrogen-bond donors (Lipinski definition) is 3. The number of nitrogens with one attached hydrogen (secondary N) is 1. The maximum absolute atomic E-state index is 12.2. The number of halogens is 4. The number of hydrogen-bond acceptors (Lipinski definition) is 5. The number of hydrazine groups is 1. The quantitative estimate of drug-likeness (QED) is 0.379. The summed E-state index contributed by atoms with van der Waals surface area (Å²) in [6.45, 7) is 0. The number of rotatable bonds is 1. The average Bonchev–Trinajstić information content (AvgIpc) is 2.06. The first-order valence-electron chi connectivity index (χ1n) is 3.23. The van der Waals surface area contributed by atoms with Gasteiger partial charge in [-0.25, -0.2) is 10.8 Å². The summed E-state index contributed by atoms with van der Waals surface area (Å²) in [6.07, 6.45) is -4.69. The molecule has 1 aromatic rings. The summed E-state index contributed by atoms with van der Waals surface area (Å²) in [5.41, 5.74) is 4.99. The highest BCUT2D eigenvalue weighted by molar-refractivity contribution is 6.28. The number of nitrogens with two attached hydrogens (primary N) is 2. The summed E-state index contributed by atoms with van der Waals surface area (Å²) in [6, 6.07) is 0. The largest absolute Gasteiger partial charge is 0.435 e. The number of anilines is 2. The van der Waals surface area contributed by atoms with E-state index in [1.54, 1.807) is 0 Å². The smallest absolute Gasteiger partial charge is 0.394 e. The minimum Gasteiger partial charge on any atom is -0.394 e. The Bertz CT molecular complexity index is 352. The standard InChI is InChI=1S/C5H5ClF3N5/c6-4-12-2(5(7,8)9)1(10)3(13-4)14-11/h10-11H2,(H,12,13,14). The first-order chi connectivity index (χ1) is 6.36. The van der Waals surface area contributed by atoms with Gasteiger partial charge in [0.15, 0.2) is 11.5 Å². The van der Waals surface area contributed by atoms with Gasteiger partial charge in [-0.15, -0.1) is 0 Å². The van der Waals surface area contributed by atoms with Crippen LogP contribution in [0.15, 0.2) is 0 Å². The highest BCUT2D eigenvalue weighted by Gasteiger charge is 2.36. The molecule has 0 saturated heterocycles. The van der Waals surface area contributed by atoms with Gasteiger partial charge in [-0.05, 0) is 11.6 Å². The molecule has 1 rings (SSSR count). The maximum Gasteiger partial charge on any atom is 0.435 e. The molecular weight excluding hydrogens is 223 g/mol. The van der Waals surface area contributed by atoms with Crippen molar-refractivity contribution in [3.05, 3.63) is 11.0 Å². The molecule has 0 aliphatic rings. The van der Waals surface area contributed by atoms with Crippen molar-refractivity contribution >= 4 is 23.1 Å². The zero-order valence-electron chi connectivity index (χ0n) is 6.56. The van der Waals surface area contributed by atoms with E-state index in [0.29, 0.717) is 0 Å². The molecule has 5 nitrogen and oxygen atoms in total. The van der Waals surface area contributed by atoms with E-state index in [1.165, 1.54) is 0 Å². The van der Waals surface area contributed by atoms with Gasteiger partial charge in [-0.2, -0.15) is 18.2 Å². The Labute approximate surface area is 81.2 Å². The van der Waals surface area contributed by atoms with Crippen LogP contribution in [-0.2, 0) is 6.18 Å². The fourth-order valence-corrected chi connectivity index (χ4v) is 0.937. The summed E-state index contributed by atoms with van der Waals surface area (Å²) >= 11 is 5.23. The Morgan fingerprint density at radius 2 is 1.86 bits per heavy atom. The van der Waals surface area contributed by atoms with E-state index in [2.05, 4.69) is 9.97 Å². The fraction of sp³-hybridized carbons (Fsp3) is 0.200. The van der Waals surface area contributed by atoms with Crippen molar-refractivity contribution in [2.45, 2.75) is 6.18 Å². The van der Waals surface area contributed by atoms with E-state index in [4.69, 9.17) is 23.2 Å². The second-order valence-electron chi connectivity index (χ2n) is 2.25. The predicted octanol–water partition coefficient (Wildman–Crippen LogP) is 1.02. The molecule has 0 bridgehead atoms. The van der Waals surface area contributed by atoms with E-state index >= 15 is 0 Å². The van der Waals surface area contributed by atoms with Crippen LogP contribution < -0.4 is 17.0 Å². The van der Waals surface area contributed by atoms with Crippen molar-refractivity contribution in [3.8, 4) is 0 Å². The monoisotopic (exact) mass is 227 g/mol. The molecule has 14 heavy (non-hydrogen) atoms. The normalized spacial score (nSPS) is 11.5. The van der Waals surface area contributed by atoms with Crippen LogP contribution in [0.25, 0.3) is 0 Å². The van der Waals surface area contributed by atoms with Gasteiger partial charge < -0.3 is 11.2 Å². The van der Waals surface area contributed by atoms with Crippen LogP contribution in [0, 0.1) is 0 Å². The summed E-state index contributed by atoms with van der Waals surface area (Å²) in [7, 11) is 0. The molecule has 0 radical (unpaired) electrons. The van der Waals surface area contributed by atoms with Gasteiger partial charge in [-0.3, -0.25) is 0 Å².